The molecule has 1 aliphatic carbocycles. The van der Waals surface area contributed by atoms with Crippen LogP contribution in [0.4, 0.5) is 11.9 Å². The molecule has 2 aromatic rings. The molecule has 1 fully saturated rings. The Morgan fingerprint density at radius 1 is 1.25 bits per heavy atom. The second-order valence-corrected chi connectivity index (χ2v) is 5.70. The zero-order valence-electron chi connectivity index (χ0n) is 13.8. The van der Waals surface area contributed by atoms with Crippen LogP contribution in [0.25, 0.3) is 0 Å². The molecule has 0 aromatic carbocycles. The van der Waals surface area contributed by atoms with Crippen molar-refractivity contribution in [2.24, 2.45) is 7.05 Å². The van der Waals surface area contributed by atoms with Crippen molar-refractivity contribution in [2.45, 2.75) is 38.6 Å². The van der Waals surface area contributed by atoms with Crippen molar-refractivity contribution in [1.82, 2.24) is 24.7 Å². The number of aryl methyl sites for hydroxylation is 1. The Labute approximate surface area is 139 Å². The van der Waals surface area contributed by atoms with Crippen LogP contribution < -0.4 is 20.9 Å². The Balaban J connectivity index is 1.79. The lowest BCUT2D eigenvalue weighted by Crippen LogP contribution is -2.18. The molecular formula is C15H21N7O2. The Kier molecular flexibility index (Phi) is 4.88. The van der Waals surface area contributed by atoms with E-state index in [-0.39, 0.29) is 17.4 Å². The largest absolute Gasteiger partial charge is 0.403 e. The molecule has 0 radical (unpaired) electrons. The van der Waals surface area contributed by atoms with Gasteiger partial charge in [-0.25, -0.2) is 4.68 Å². The normalized spacial score (nSPS) is 13.6. The van der Waals surface area contributed by atoms with Crippen molar-refractivity contribution >= 4 is 11.9 Å². The lowest BCUT2D eigenvalue weighted by molar-refractivity contribution is 0.407. The molecule has 2 N–H and O–H groups in total. The van der Waals surface area contributed by atoms with Crippen molar-refractivity contribution < 1.29 is 4.74 Å². The van der Waals surface area contributed by atoms with E-state index in [4.69, 9.17) is 4.74 Å². The van der Waals surface area contributed by atoms with Gasteiger partial charge in [-0.2, -0.15) is 15.0 Å². The SMILES string of the molecule is CCCCNc1nc(NC2CC2)nc(Oc2ccc(=O)n(C)n2)n1. The van der Waals surface area contributed by atoms with Gasteiger partial charge in [-0.15, -0.1) is 5.10 Å². The lowest BCUT2D eigenvalue weighted by atomic mass is 10.3. The molecule has 3 rings (SSSR count). The number of nitrogens with zero attached hydrogens (tertiary/aromatic N) is 5. The Morgan fingerprint density at radius 3 is 2.75 bits per heavy atom. The first-order chi connectivity index (χ1) is 11.6. The van der Waals surface area contributed by atoms with Crippen LogP contribution in [0, 0.1) is 0 Å². The molecular weight excluding hydrogens is 310 g/mol. The van der Waals surface area contributed by atoms with Crippen LogP contribution in [0.2, 0.25) is 0 Å². The van der Waals surface area contributed by atoms with Crippen molar-refractivity contribution in [2.75, 3.05) is 17.2 Å². The highest BCUT2D eigenvalue weighted by Gasteiger charge is 2.23. The first-order valence-corrected chi connectivity index (χ1v) is 8.12. The van der Waals surface area contributed by atoms with Gasteiger partial charge in [-0.1, -0.05) is 13.3 Å². The van der Waals surface area contributed by atoms with Gasteiger partial charge < -0.3 is 15.4 Å². The topological polar surface area (TPSA) is 107 Å². The molecule has 9 heteroatoms. The second-order valence-electron chi connectivity index (χ2n) is 5.70. The van der Waals surface area contributed by atoms with Crippen LogP contribution in [0.15, 0.2) is 16.9 Å². The predicted molar refractivity (Wildman–Crippen MR) is 89.4 cm³/mol. The van der Waals surface area contributed by atoms with Crippen LogP contribution in [-0.4, -0.2) is 37.3 Å². The van der Waals surface area contributed by atoms with Crippen molar-refractivity contribution in [3.63, 3.8) is 0 Å². The van der Waals surface area contributed by atoms with E-state index in [0.717, 1.165) is 32.2 Å². The van der Waals surface area contributed by atoms with E-state index in [2.05, 4.69) is 37.6 Å². The minimum absolute atomic E-state index is 0.137. The Morgan fingerprint density at radius 2 is 2.04 bits per heavy atom. The zero-order valence-corrected chi connectivity index (χ0v) is 13.8. The summed E-state index contributed by atoms with van der Waals surface area (Å²) in [4.78, 5) is 24.3. The van der Waals surface area contributed by atoms with E-state index < -0.39 is 0 Å². The maximum atomic E-state index is 11.4. The van der Waals surface area contributed by atoms with E-state index in [1.807, 2.05) is 0 Å². The van der Waals surface area contributed by atoms with Gasteiger partial charge in [0.2, 0.25) is 17.8 Å². The smallest absolute Gasteiger partial charge is 0.330 e. The fourth-order valence-electron chi connectivity index (χ4n) is 1.96. The number of nitrogens with one attached hydrogen (secondary N) is 2. The second kappa shape index (κ2) is 7.24. The number of hydrogen-bond donors (Lipinski definition) is 2. The molecule has 2 heterocycles. The van der Waals surface area contributed by atoms with E-state index >= 15 is 0 Å². The monoisotopic (exact) mass is 331 g/mol. The molecule has 0 atom stereocenters. The molecule has 24 heavy (non-hydrogen) atoms. The van der Waals surface area contributed by atoms with Gasteiger partial charge in [-0.3, -0.25) is 4.79 Å². The van der Waals surface area contributed by atoms with Gasteiger partial charge in [0.15, 0.2) is 0 Å². The minimum atomic E-state index is -0.212. The summed E-state index contributed by atoms with van der Waals surface area (Å²) in [6.07, 6.45) is 4.33. The van der Waals surface area contributed by atoms with E-state index in [0.29, 0.717) is 17.9 Å². The molecule has 0 unspecified atom stereocenters. The van der Waals surface area contributed by atoms with Gasteiger partial charge in [0.1, 0.15) is 0 Å². The fourth-order valence-corrected chi connectivity index (χ4v) is 1.96. The minimum Gasteiger partial charge on any atom is -0.403 e. The molecule has 0 aliphatic heterocycles. The van der Waals surface area contributed by atoms with Gasteiger partial charge in [0.25, 0.3) is 5.56 Å². The van der Waals surface area contributed by atoms with Crippen molar-refractivity contribution in [3.05, 3.63) is 22.5 Å². The summed E-state index contributed by atoms with van der Waals surface area (Å²) in [5.74, 6) is 1.19. The molecule has 1 saturated carbocycles. The summed E-state index contributed by atoms with van der Waals surface area (Å²) in [6.45, 7) is 2.90. The molecule has 9 nitrogen and oxygen atoms in total. The first-order valence-electron chi connectivity index (χ1n) is 8.12. The Hall–Kier alpha value is -2.71. The molecule has 128 valence electrons. The maximum absolute atomic E-state index is 11.4. The summed E-state index contributed by atoms with van der Waals surface area (Å²) >= 11 is 0. The quantitative estimate of drug-likeness (QED) is 0.702. The first kappa shape index (κ1) is 16.2. The highest BCUT2D eigenvalue weighted by atomic mass is 16.5. The number of rotatable bonds is 8. The number of anilines is 2. The molecule has 2 aromatic heterocycles. The summed E-state index contributed by atoms with van der Waals surface area (Å²) in [7, 11) is 1.56. The zero-order chi connectivity index (χ0) is 16.9. The molecule has 0 saturated heterocycles. The van der Waals surface area contributed by atoms with E-state index in [1.54, 1.807) is 7.05 Å². The fraction of sp³-hybridized carbons (Fsp3) is 0.533. The predicted octanol–water partition coefficient (Wildman–Crippen LogP) is 1.54. The highest BCUT2D eigenvalue weighted by Crippen LogP contribution is 2.24. The third-order valence-corrected chi connectivity index (χ3v) is 3.47. The maximum Gasteiger partial charge on any atom is 0.330 e. The van der Waals surface area contributed by atoms with Crippen LogP contribution in [0.5, 0.6) is 11.9 Å². The van der Waals surface area contributed by atoms with Gasteiger partial charge in [-0.05, 0) is 19.3 Å². The number of hydrogen-bond acceptors (Lipinski definition) is 8. The molecule has 0 spiro atoms. The standard InChI is InChI=1S/C15H21N7O2/c1-3-4-9-16-13-18-14(17-10-5-6-10)20-15(19-13)24-11-7-8-12(23)22(2)21-11/h7-8,10H,3-6,9H2,1-2H3,(H2,16,17,18,19,20). The van der Waals surface area contributed by atoms with Crippen molar-refractivity contribution in [3.8, 4) is 11.9 Å². The third kappa shape index (κ3) is 4.40. The lowest BCUT2D eigenvalue weighted by Gasteiger charge is -2.10. The van der Waals surface area contributed by atoms with Gasteiger partial charge in [0.05, 0.1) is 0 Å². The number of unbranched alkanes of at least 4 members (excludes halogenated alkanes) is 1. The van der Waals surface area contributed by atoms with Gasteiger partial charge >= 0.3 is 6.01 Å². The number of ether oxygens (including phenoxy) is 1. The van der Waals surface area contributed by atoms with E-state index in [9.17, 15) is 4.79 Å². The van der Waals surface area contributed by atoms with Crippen LogP contribution in [-0.2, 0) is 7.05 Å². The third-order valence-electron chi connectivity index (χ3n) is 3.47. The van der Waals surface area contributed by atoms with Gasteiger partial charge in [0, 0.05) is 31.8 Å². The van der Waals surface area contributed by atoms with Crippen molar-refractivity contribution in [1.29, 1.82) is 0 Å². The summed E-state index contributed by atoms with van der Waals surface area (Å²) < 4.78 is 6.79. The van der Waals surface area contributed by atoms with Crippen LogP contribution in [0.1, 0.15) is 32.6 Å². The average molecular weight is 331 g/mol. The molecule has 1 aliphatic rings. The molecule has 0 bridgehead atoms. The molecule has 0 amide bonds. The van der Waals surface area contributed by atoms with E-state index in [1.165, 1.54) is 16.8 Å². The van der Waals surface area contributed by atoms with Crippen LogP contribution in [0.3, 0.4) is 0 Å². The number of aromatic nitrogens is 5. The highest BCUT2D eigenvalue weighted by molar-refractivity contribution is 5.38. The average Bonchev–Trinajstić information content (AvgIpc) is 3.35. The van der Waals surface area contributed by atoms with Crippen LogP contribution >= 0.6 is 0 Å². The Bertz CT molecular complexity index is 758. The summed E-state index contributed by atoms with van der Waals surface area (Å²) in [5.41, 5.74) is -0.212. The summed E-state index contributed by atoms with van der Waals surface area (Å²) in [5, 5.41) is 10.4. The summed E-state index contributed by atoms with van der Waals surface area (Å²) in [6, 6.07) is 3.43.